The number of benzene rings is 2. The van der Waals surface area contributed by atoms with Crippen molar-refractivity contribution in [2.45, 2.75) is 0 Å². The maximum Gasteiger partial charge on any atom is 0.156 e. The Kier molecular flexibility index (Phi) is 3.46. The summed E-state index contributed by atoms with van der Waals surface area (Å²) in [7, 11) is 1.59. The number of nitriles is 1. The van der Waals surface area contributed by atoms with Crippen molar-refractivity contribution in [3.8, 4) is 28.8 Å². The van der Waals surface area contributed by atoms with Gasteiger partial charge in [-0.25, -0.2) is 0 Å². The quantitative estimate of drug-likeness (QED) is 0.800. The number of rotatable bonds is 3. The summed E-state index contributed by atoms with van der Waals surface area (Å²) in [6, 6.07) is 16.6. The Hall–Kier alpha value is -3.33. The first kappa shape index (κ1) is 13.6. The zero-order valence-corrected chi connectivity index (χ0v) is 11.9. The minimum Gasteiger partial charge on any atom is -0.496 e. The van der Waals surface area contributed by atoms with Gasteiger partial charge in [-0.3, -0.25) is 0 Å². The van der Waals surface area contributed by atoms with Crippen LogP contribution in [0.15, 0.2) is 48.5 Å². The zero-order valence-electron chi connectivity index (χ0n) is 11.9. The molecule has 1 aromatic heterocycles. The number of nitrogen functional groups attached to an aromatic ring is 1. The summed E-state index contributed by atoms with van der Waals surface area (Å²) in [6.45, 7) is 0. The highest BCUT2D eigenvalue weighted by Gasteiger charge is 2.17. The molecule has 0 amide bonds. The maximum absolute atomic E-state index is 9.20. The van der Waals surface area contributed by atoms with E-state index >= 15 is 0 Å². The summed E-state index contributed by atoms with van der Waals surface area (Å²) < 4.78 is 6.79. The molecule has 3 aromatic rings. The summed E-state index contributed by atoms with van der Waals surface area (Å²) in [5.74, 6) is 1.02. The Balaban J connectivity index is 2.16. The highest BCUT2D eigenvalue weighted by atomic mass is 16.5. The molecule has 2 aromatic carbocycles. The molecule has 0 aliphatic carbocycles. The summed E-state index contributed by atoms with van der Waals surface area (Å²) >= 11 is 0. The number of nitrogens with zero attached hydrogens (tertiary/aromatic N) is 4. The third-order valence-electron chi connectivity index (χ3n) is 3.32. The van der Waals surface area contributed by atoms with Crippen LogP contribution in [0.3, 0.4) is 0 Å². The molecule has 0 unspecified atom stereocenters. The third kappa shape index (κ3) is 2.15. The van der Waals surface area contributed by atoms with E-state index < -0.39 is 0 Å². The lowest BCUT2D eigenvalue weighted by Gasteiger charge is -2.07. The normalized spacial score (nSPS) is 10.2. The second-order valence-electron chi connectivity index (χ2n) is 4.56. The summed E-state index contributed by atoms with van der Waals surface area (Å²) in [5, 5.41) is 17.4. The molecule has 0 fully saturated rings. The first-order valence-corrected chi connectivity index (χ1v) is 6.60. The van der Waals surface area contributed by atoms with Gasteiger partial charge in [0, 0.05) is 5.56 Å². The average molecular weight is 291 g/mol. The molecular formula is C16H13N5O. The van der Waals surface area contributed by atoms with Crippen molar-refractivity contribution in [1.29, 1.82) is 5.26 Å². The van der Waals surface area contributed by atoms with Crippen LogP contribution in [0.2, 0.25) is 0 Å². The standard InChI is InChI=1S/C16H13N5O/c1-22-14-9-5-3-7-12(14)15-16(18)21(20-19-15)13-8-4-2-6-11(13)10-17/h2-9H,18H2,1H3. The Morgan fingerprint density at radius 1 is 1.14 bits per heavy atom. The minimum atomic E-state index is 0.354. The van der Waals surface area contributed by atoms with Gasteiger partial charge in [-0.05, 0) is 24.3 Å². The predicted octanol–water partition coefficient (Wildman–Crippen LogP) is 2.40. The Labute approximate surface area is 127 Å². The Morgan fingerprint density at radius 2 is 1.86 bits per heavy atom. The van der Waals surface area contributed by atoms with E-state index in [0.717, 1.165) is 5.56 Å². The smallest absolute Gasteiger partial charge is 0.156 e. The van der Waals surface area contributed by atoms with Crippen LogP contribution in [0.25, 0.3) is 16.9 Å². The van der Waals surface area contributed by atoms with Crippen molar-refractivity contribution in [3.63, 3.8) is 0 Å². The van der Waals surface area contributed by atoms with Crippen LogP contribution < -0.4 is 10.5 Å². The molecule has 6 nitrogen and oxygen atoms in total. The van der Waals surface area contributed by atoms with Crippen LogP contribution in [-0.2, 0) is 0 Å². The fourth-order valence-electron chi connectivity index (χ4n) is 2.25. The SMILES string of the molecule is COc1ccccc1-c1nnn(-c2ccccc2C#N)c1N. The number of hydrogen-bond donors (Lipinski definition) is 1. The van der Waals surface area contributed by atoms with E-state index in [-0.39, 0.29) is 0 Å². The minimum absolute atomic E-state index is 0.354. The van der Waals surface area contributed by atoms with Gasteiger partial charge in [0.1, 0.15) is 17.5 Å². The fraction of sp³-hybridized carbons (Fsp3) is 0.0625. The van der Waals surface area contributed by atoms with Crippen LogP contribution in [0.4, 0.5) is 5.82 Å². The first-order chi connectivity index (χ1) is 10.8. The molecule has 22 heavy (non-hydrogen) atoms. The number of methoxy groups -OCH3 is 1. The van der Waals surface area contributed by atoms with Crippen molar-refractivity contribution < 1.29 is 4.74 Å². The zero-order chi connectivity index (χ0) is 15.5. The number of para-hydroxylation sites is 2. The van der Waals surface area contributed by atoms with E-state index in [1.54, 1.807) is 25.3 Å². The van der Waals surface area contributed by atoms with Crippen LogP contribution >= 0.6 is 0 Å². The Bertz CT molecular complexity index is 863. The van der Waals surface area contributed by atoms with Crippen molar-refractivity contribution >= 4 is 5.82 Å². The van der Waals surface area contributed by atoms with Crippen LogP contribution in [0, 0.1) is 11.3 Å². The number of anilines is 1. The number of ether oxygens (including phenoxy) is 1. The molecule has 0 bridgehead atoms. The first-order valence-electron chi connectivity index (χ1n) is 6.60. The molecule has 0 aliphatic heterocycles. The van der Waals surface area contributed by atoms with Crippen molar-refractivity contribution in [3.05, 3.63) is 54.1 Å². The van der Waals surface area contributed by atoms with E-state index in [1.165, 1.54) is 4.68 Å². The van der Waals surface area contributed by atoms with Gasteiger partial charge in [0.15, 0.2) is 5.82 Å². The molecule has 0 atom stereocenters. The second kappa shape index (κ2) is 5.58. The lowest BCUT2D eigenvalue weighted by atomic mass is 10.1. The van der Waals surface area contributed by atoms with E-state index in [4.69, 9.17) is 10.5 Å². The molecule has 0 spiro atoms. The van der Waals surface area contributed by atoms with Crippen LogP contribution in [0.5, 0.6) is 5.75 Å². The molecule has 0 aliphatic rings. The maximum atomic E-state index is 9.20. The summed E-state index contributed by atoms with van der Waals surface area (Å²) in [5.41, 5.74) is 8.53. The molecule has 6 heteroatoms. The highest BCUT2D eigenvalue weighted by molar-refractivity contribution is 5.76. The van der Waals surface area contributed by atoms with Crippen LogP contribution in [-0.4, -0.2) is 22.1 Å². The van der Waals surface area contributed by atoms with Gasteiger partial charge >= 0.3 is 0 Å². The topological polar surface area (TPSA) is 89.8 Å². The largest absolute Gasteiger partial charge is 0.496 e. The van der Waals surface area contributed by atoms with E-state index in [1.807, 2.05) is 30.3 Å². The fourth-order valence-corrected chi connectivity index (χ4v) is 2.25. The van der Waals surface area contributed by atoms with Gasteiger partial charge in [-0.15, -0.1) is 5.10 Å². The molecule has 0 saturated heterocycles. The predicted molar refractivity (Wildman–Crippen MR) is 82.5 cm³/mol. The molecule has 0 radical (unpaired) electrons. The monoisotopic (exact) mass is 291 g/mol. The van der Waals surface area contributed by atoms with Crippen molar-refractivity contribution in [2.24, 2.45) is 0 Å². The summed E-state index contributed by atoms with van der Waals surface area (Å²) in [6.07, 6.45) is 0. The van der Waals surface area contributed by atoms with Gasteiger partial charge in [0.25, 0.3) is 0 Å². The van der Waals surface area contributed by atoms with E-state index in [0.29, 0.717) is 28.5 Å². The number of nitrogens with two attached hydrogens (primary N) is 1. The molecule has 1 heterocycles. The summed E-state index contributed by atoms with van der Waals surface area (Å²) in [4.78, 5) is 0. The third-order valence-corrected chi connectivity index (χ3v) is 3.32. The lowest BCUT2D eigenvalue weighted by Crippen LogP contribution is -2.04. The Morgan fingerprint density at radius 3 is 2.64 bits per heavy atom. The van der Waals surface area contributed by atoms with Gasteiger partial charge in [-0.2, -0.15) is 9.94 Å². The van der Waals surface area contributed by atoms with Gasteiger partial charge < -0.3 is 10.5 Å². The van der Waals surface area contributed by atoms with Gasteiger partial charge in [0.2, 0.25) is 0 Å². The lowest BCUT2D eigenvalue weighted by molar-refractivity contribution is 0.416. The number of hydrogen-bond acceptors (Lipinski definition) is 5. The van der Waals surface area contributed by atoms with Crippen molar-refractivity contribution in [1.82, 2.24) is 15.0 Å². The molecule has 2 N–H and O–H groups in total. The number of aromatic nitrogens is 3. The molecule has 3 rings (SSSR count). The van der Waals surface area contributed by atoms with E-state index in [9.17, 15) is 5.26 Å². The average Bonchev–Trinajstić information content (AvgIpc) is 2.96. The molecular weight excluding hydrogens is 278 g/mol. The molecule has 0 saturated carbocycles. The van der Waals surface area contributed by atoms with Crippen molar-refractivity contribution in [2.75, 3.05) is 12.8 Å². The van der Waals surface area contributed by atoms with Crippen LogP contribution in [0.1, 0.15) is 5.56 Å². The second-order valence-corrected chi connectivity index (χ2v) is 4.56. The van der Waals surface area contributed by atoms with Gasteiger partial charge in [0.05, 0.1) is 18.4 Å². The van der Waals surface area contributed by atoms with Gasteiger partial charge in [-0.1, -0.05) is 29.5 Å². The molecule has 108 valence electrons. The van der Waals surface area contributed by atoms with E-state index in [2.05, 4.69) is 16.4 Å². The highest BCUT2D eigenvalue weighted by Crippen LogP contribution is 2.32.